The molecule has 2 N–H and O–H groups in total. The number of benzene rings is 1. The SMILES string of the molecule is O=C(N[C@@H]1COCC[C@@H]1OCc1ccccc1)c1cc(-n2cnnn2)n[nH]1. The van der Waals surface area contributed by atoms with Crippen molar-refractivity contribution < 1.29 is 14.3 Å². The first-order valence-electron chi connectivity index (χ1n) is 8.62. The van der Waals surface area contributed by atoms with Crippen LogP contribution in [-0.4, -0.2) is 61.7 Å². The van der Waals surface area contributed by atoms with Gasteiger partial charge in [-0.05, 0) is 22.4 Å². The smallest absolute Gasteiger partial charge is 0.269 e. The molecule has 10 nitrogen and oxygen atoms in total. The molecular weight excluding hydrogens is 350 g/mol. The number of hydrogen-bond acceptors (Lipinski definition) is 7. The Labute approximate surface area is 154 Å². The Bertz CT molecular complexity index is 866. The molecule has 0 aliphatic carbocycles. The molecule has 1 aliphatic rings. The molecule has 4 rings (SSSR count). The quantitative estimate of drug-likeness (QED) is 0.649. The predicted octanol–water partition coefficient (Wildman–Crippen LogP) is 0.489. The summed E-state index contributed by atoms with van der Waals surface area (Å²) in [5.74, 6) is 0.146. The van der Waals surface area contributed by atoms with Gasteiger partial charge in [0.2, 0.25) is 0 Å². The number of amides is 1. The highest BCUT2D eigenvalue weighted by molar-refractivity contribution is 5.92. The molecule has 0 saturated carbocycles. The zero-order valence-electron chi connectivity index (χ0n) is 14.5. The lowest BCUT2D eigenvalue weighted by atomic mass is 10.1. The van der Waals surface area contributed by atoms with Crippen LogP contribution in [0.5, 0.6) is 0 Å². The van der Waals surface area contributed by atoms with Crippen molar-refractivity contribution >= 4 is 5.91 Å². The van der Waals surface area contributed by atoms with Gasteiger partial charge in [-0.3, -0.25) is 9.89 Å². The standard InChI is InChI=1S/C17H19N7O3/c25-17(13-8-16(21-20-13)24-11-18-22-23-24)19-14-10-26-7-6-15(14)27-9-12-4-2-1-3-5-12/h1-5,8,11,14-15H,6-7,9-10H2,(H,19,25)(H,20,21)/t14-,15+/m1/s1. The van der Waals surface area contributed by atoms with E-state index in [-0.39, 0.29) is 18.1 Å². The Kier molecular flexibility index (Phi) is 5.17. The van der Waals surface area contributed by atoms with Gasteiger partial charge in [-0.25, -0.2) is 0 Å². The monoisotopic (exact) mass is 369 g/mol. The zero-order chi connectivity index (χ0) is 18.5. The number of ether oxygens (including phenoxy) is 2. The second kappa shape index (κ2) is 8.06. The summed E-state index contributed by atoms with van der Waals surface area (Å²) in [6, 6.07) is 11.3. The van der Waals surface area contributed by atoms with Crippen LogP contribution in [0.1, 0.15) is 22.5 Å². The molecule has 0 unspecified atom stereocenters. The van der Waals surface area contributed by atoms with Crippen LogP contribution in [0.15, 0.2) is 42.7 Å². The lowest BCUT2D eigenvalue weighted by Crippen LogP contribution is -2.50. The Morgan fingerprint density at radius 3 is 3.07 bits per heavy atom. The normalized spacial score (nSPS) is 19.7. The number of carbonyl (C=O) groups is 1. The molecule has 27 heavy (non-hydrogen) atoms. The summed E-state index contributed by atoms with van der Waals surface area (Å²) in [5, 5.41) is 20.5. The van der Waals surface area contributed by atoms with Crippen molar-refractivity contribution in [2.24, 2.45) is 0 Å². The molecule has 2 atom stereocenters. The van der Waals surface area contributed by atoms with E-state index in [2.05, 4.69) is 31.0 Å². The van der Waals surface area contributed by atoms with Gasteiger partial charge in [0.05, 0.1) is 25.4 Å². The highest BCUT2D eigenvalue weighted by Gasteiger charge is 2.29. The average molecular weight is 369 g/mol. The van der Waals surface area contributed by atoms with Crippen molar-refractivity contribution in [2.45, 2.75) is 25.2 Å². The molecule has 0 radical (unpaired) electrons. The average Bonchev–Trinajstić information content (AvgIpc) is 3.40. The van der Waals surface area contributed by atoms with Gasteiger partial charge in [-0.2, -0.15) is 9.78 Å². The molecule has 1 aromatic carbocycles. The number of hydrogen-bond donors (Lipinski definition) is 2. The zero-order valence-corrected chi connectivity index (χ0v) is 14.5. The van der Waals surface area contributed by atoms with Crippen molar-refractivity contribution in [1.82, 2.24) is 35.7 Å². The summed E-state index contributed by atoms with van der Waals surface area (Å²) < 4.78 is 12.9. The van der Waals surface area contributed by atoms with E-state index in [0.29, 0.717) is 31.3 Å². The summed E-state index contributed by atoms with van der Waals surface area (Å²) in [4.78, 5) is 12.6. The summed E-state index contributed by atoms with van der Waals surface area (Å²) in [6.07, 6.45) is 2.00. The van der Waals surface area contributed by atoms with E-state index in [1.165, 1.54) is 11.0 Å². The van der Waals surface area contributed by atoms with Gasteiger partial charge < -0.3 is 14.8 Å². The summed E-state index contributed by atoms with van der Waals surface area (Å²) in [6.45, 7) is 1.50. The maximum absolute atomic E-state index is 12.6. The lowest BCUT2D eigenvalue weighted by Gasteiger charge is -2.32. The van der Waals surface area contributed by atoms with Crippen LogP contribution in [0.4, 0.5) is 0 Å². The first-order valence-corrected chi connectivity index (χ1v) is 8.62. The van der Waals surface area contributed by atoms with E-state index in [1.807, 2.05) is 30.3 Å². The number of aromatic amines is 1. The van der Waals surface area contributed by atoms with Crippen molar-refractivity contribution in [3.05, 3.63) is 54.0 Å². The molecule has 3 aromatic rings. The third-order valence-electron chi connectivity index (χ3n) is 4.31. The Balaban J connectivity index is 1.38. The first-order chi connectivity index (χ1) is 13.3. The fourth-order valence-electron chi connectivity index (χ4n) is 2.89. The summed E-state index contributed by atoms with van der Waals surface area (Å²) in [7, 11) is 0. The minimum Gasteiger partial charge on any atom is -0.379 e. The summed E-state index contributed by atoms with van der Waals surface area (Å²) >= 11 is 0. The third-order valence-corrected chi connectivity index (χ3v) is 4.31. The van der Waals surface area contributed by atoms with Gasteiger partial charge in [-0.15, -0.1) is 5.10 Å². The predicted molar refractivity (Wildman–Crippen MR) is 93.0 cm³/mol. The maximum atomic E-state index is 12.6. The lowest BCUT2D eigenvalue weighted by molar-refractivity contribution is -0.0605. The number of carbonyl (C=O) groups excluding carboxylic acids is 1. The van der Waals surface area contributed by atoms with E-state index >= 15 is 0 Å². The van der Waals surface area contributed by atoms with E-state index in [0.717, 1.165) is 12.0 Å². The Morgan fingerprint density at radius 1 is 1.37 bits per heavy atom. The van der Waals surface area contributed by atoms with Crippen molar-refractivity contribution in [3.8, 4) is 5.82 Å². The highest BCUT2D eigenvalue weighted by Crippen LogP contribution is 2.15. The number of nitrogens with zero attached hydrogens (tertiary/aromatic N) is 5. The topological polar surface area (TPSA) is 120 Å². The minimum atomic E-state index is -0.286. The molecule has 0 spiro atoms. The maximum Gasteiger partial charge on any atom is 0.269 e. The van der Waals surface area contributed by atoms with Crippen LogP contribution >= 0.6 is 0 Å². The van der Waals surface area contributed by atoms with Crippen LogP contribution < -0.4 is 5.32 Å². The number of H-pyrrole nitrogens is 1. The number of aromatic nitrogens is 6. The second-order valence-corrected chi connectivity index (χ2v) is 6.17. The summed E-state index contributed by atoms with van der Waals surface area (Å²) in [5.41, 5.74) is 1.40. The molecule has 10 heteroatoms. The number of nitrogens with one attached hydrogen (secondary N) is 2. The number of rotatable bonds is 6. The van der Waals surface area contributed by atoms with Gasteiger partial charge >= 0.3 is 0 Å². The molecule has 1 amide bonds. The van der Waals surface area contributed by atoms with E-state index in [4.69, 9.17) is 9.47 Å². The second-order valence-electron chi connectivity index (χ2n) is 6.17. The highest BCUT2D eigenvalue weighted by atomic mass is 16.5. The van der Waals surface area contributed by atoms with Crippen molar-refractivity contribution in [3.63, 3.8) is 0 Å². The van der Waals surface area contributed by atoms with Gasteiger partial charge in [0.15, 0.2) is 5.82 Å². The molecule has 140 valence electrons. The van der Waals surface area contributed by atoms with Gasteiger partial charge in [0, 0.05) is 12.7 Å². The third kappa shape index (κ3) is 4.18. The molecule has 1 fully saturated rings. The van der Waals surface area contributed by atoms with Gasteiger partial charge in [0.25, 0.3) is 5.91 Å². The fourth-order valence-corrected chi connectivity index (χ4v) is 2.89. The van der Waals surface area contributed by atoms with E-state index in [1.54, 1.807) is 6.07 Å². The molecule has 2 aromatic heterocycles. The van der Waals surface area contributed by atoms with Crippen molar-refractivity contribution in [1.29, 1.82) is 0 Å². The van der Waals surface area contributed by atoms with Crippen LogP contribution in [-0.2, 0) is 16.1 Å². The fraction of sp³-hybridized carbons (Fsp3) is 0.353. The largest absolute Gasteiger partial charge is 0.379 e. The molecule has 1 saturated heterocycles. The molecule has 3 heterocycles. The van der Waals surface area contributed by atoms with Gasteiger partial charge in [-0.1, -0.05) is 30.3 Å². The van der Waals surface area contributed by atoms with Gasteiger partial charge in [0.1, 0.15) is 12.0 Å². The minimum absolute atomic E-state index is 0.121. The van der Waals surface area contributed by atoms with Crippen LogP contribution in [0.3, 0.4) is 0 Å². The molecule has 0 bridgehead atoms. The van der Waals surface area contributed by atoms with Crippen LogP contribution in [0.25, 0.3) is 5.82 Å². The Morgan fingerprint density at radius 2 is 2.26 bits per heavy atom. The number of tetrazole rings is 1. The van der Waals surface area contributed by atoms with Crippen molar-refractivity contribution in [2.75, 3.05) is 13.2 Å². The molecule has 1 aliphatic heterocycles. The first kappa shape index (κ1) is 17.3. The van der Waals surface area contributed by atoms with Crippen LogP contribution in [0, 0.1) is 0 Å². The van der Waals surface area contributed by atoms with Crippen LogP contribution in [0.2, 0.25) is 0 Å². The van der Waals surface area contributed by atoms with E-state index in [9.17, 15) is 4.79 Å². The van der Waals surface area contributed by atoms with E-state index < -0.39 is 0 Å². The Hall–Kier alpha value is -3.11. The molecular formula is C17H19N7O3.